The Morgan fingerprint density at radius 2 is 2.05 bits per heavy atom. The third-order valence-electron chi connectivity index (χ3n) is 3.40. The normalized spacial score (nSPS) is 24.3. The van der Waals surface area contributed by atoms with Crippen molar-refractivity contribution in [2.75, 3.05) is 25.2 Å². The summed E-state index contributed by atoms with van der Waals surface area (Å²) in [5, 5.41) is 0. The Morgan fingerprint density at radius 3 is 2.63 bits per heavy atom. The van der Waals surface area contributed by atoms with E-state index in [0.29, 0.717) is 24.5 Å². The molecule has 2 rings (SSSR count). The van der Waals surface area contributed by atoms with Crippen molar-refractivity contribution in [3.05, 3.63) is 24.3 Å². The summed E-state index contributed by atoms with van der Waals surface area (Å²) in [6.45, 7) is 1.05. The van der Waals surface area contributed by atoms with Gasteiger partial charge >= 0.3 is 0 Å². The summed E-state index contributed by atoms with van der Waals surface area (Å²) in [5.41, 5.74) is 5.92. The van der Waals surface area contributed by atoms with Crippen LogP contribution in [0.1, 0.15) is 6.42 Å². The van der Waals surface area contributed by atoms with E-state index in [9.17, 15) is 8.42 Å². The third-order valence-corrected chi connectivity index (χ3v) is 6.00. The number of thioether (sulfide) groups is 1. The van der Waals surface area contributed by atoms with Crippen LogP contribution in [0.5, 0.6) is 0 Å². The van der Waals surface area contributed by atoms with Crippen molar-refractivity contribution in [1.29, 1.82) is 0 Å². The van der Waals surface area contributed by atoms with Crippen molar-refractivity contribution < 1.29 is 13.2 Å². The first kappa shape index (κ1) is 14.8. The molecule has 6 heteroatoms. The molecule has 4 nitrogen and oxygen atoms in total. The fourth-order valence-corrected chi connectivity index (χ4v) is 4.30. The van der Waals surface area contributed by atoms with Crippen LogP contribution in [-0.4, -0.2) is 39.7 Å². The summed E-state index contributed by atoms with van der Waals surface area (Å²) in [7, 11) is -3.26. The second kappa shape index (κ2) is 6.26. The van der Waals surface area contributed by atoms with Crippen LogP contribution in [0.15, 0.2) is 34.1 Å². The second-order valence-electron chi connectivity index (χ2n) is 4.74. The molecule has 19 heavy (non-hydrogen) atoms. The molecule has 2 N–H and O–H groups in total. The number of benzene rings is 1. The molecular formula is C13H19NO3S2. The Hall–Kier alpha value is -0.560. The molecule has 1 aromatic rings. The van der Waals surface area contributed by atoms with Gasteiger partial charge in [-0.1, -0.05) is 0 Å². The van der Waals surface area contributed by atoms with Gasteiger partial charge in [0.05, 0.1) is 17.3 Å². The molecule has 106 valence electrons. The molecule has 0 aliphatic carbocycles. The number of sulfone groups is 1. The molecule has 1 fully saturated rings. The molecule has 1 aliphatic rings. The number of hydrogen-bond acceptors (Lipinski definition) is 5. The maximum absolute atomic E-state index is 12.3. The molecule has 1 saturated heterocycles. The van der Waals surface area contributed by atoms with Crippen LogP contribution < -0.4 is 5.73 Å². The van der Waals surface area contributed by atoms with Gasteiger partial charge in [-0.2, -0.15) is 0 Å². The number of ether oxygens (including phenoxy) is 1. The van der Waals surface area contributed by atoms with Gasteiger partial charge in [0.15, 0.2) is 9.84 Å². The first-order valence-electron chi connectivity index (χ1n) is 6.23. The van der Waals surface area contributed by atoms with Crippen molar-refractivity contribution in [2.24, 2.45) is 11.7 Å². The molecule has 0 radical (unpaired) electrons. The van der Waals surface area contributed by atoms with E-state index in [1.165, 1.54) is 0 Å². The molecule has 0 saturated carbocycles. The summed E-state index contributed by atoms with van der Waals surface area (Å²) in [6.07, 6.45) is 2.67. The van der Waals surface area contributed by atoms with Gasteiger partial charge in [0.2, 0.25) is 0 Å². The monoisotopic (exact) mass is 301 g/mol. The van der Waals surface area contributed by atoms with Crippen LogP contribution in [0.25, 0.3) is 0 Å². The lowest BCUT2D eigenvalue weighted by atomic mass is 9.98. The molecule has 1 unspecified atom stereocenters. The minimum absolute atomic E-state index is 0.0148. The Balaban J connectivity index is 2.12. The lowest BCUT2D eigenvalue weighted by Crippen LogP contribution is -2.42. The van der Waals surface area contributed by atoms with E-state index >= 15 is 0 Å². The fourth-order valence-electron chi connectivity index (χ4n) is 2.17. The van der Waals surface area contributed by atoms with Crippen molar-refractivity contribution in [3.8, 4) is 0 Å². The van der Waals surface area contributed by atoms with Gasteiger partial charge in [-0.3, -0.25) is 0 Å². The van der Waals surface area contributed by atoms with Gasteiger partial charge in [-0.25, -0.2) is 8.42 Å². The van der Waals surface area contributed by atoms with Crippen molar-refractivity contribution in [3.63, 3.8) is 0 Å². The highest BCUT2D eigenvalue weighted by Crippen LogP contribution is 2.23. The quantitative estimate of drug-likeness (QED) is 0.854. The largest absolute Gasteiger partial charge is 0.380 e. The van der Waals surface area contributed by atoms with E-state index in [2.05, 4.69) is 0 Å². The smallest absolute Gasteiger partial charge is 0.178 e. The zero-order valence-electron chi connectivity index (χ0n) is 10.9. The maximum atomic E-state index is 12.3. The predicted octanol–water partition coefficient (Wildman–Crippen LogP) is 1.55. The highest BCUT2D eigenvalue weighted by atomic mass is 32.2. The average molecular weight is 301 g/mol. The Labute approximate surface area is 118 Å². The third kappa shape index (κ3) is 3.72. The van der Waals surface area contributed by atoms with E-state index < -0.39 is 9.84 Å². The van der Waals surface area contributed by atoms with Gasteiger partial charge in [-0.05, 0) is 42.9 Å². The average Bonchev–Trinajstić information content (AvgIpc) is 2.41. The van der Waals surface area contributed by atoms with E-state index in [1.807, 2.05) is 18.4 Å². The predicted molar refractivity (Wildman–Crippen MR) is 77.2 cm³/mol. The van der Waals surface area contributed by atoms with Gasteiger partial charge in [0.25, 0.3) is 0 Å². The van der Waals surface area contributed by atoms with Crippen LogP contribution in [0.3, 0.4) is 0 Å². The first-order chi connectivity index (χ1) is 9.03. The van der Waals surface area contributed by atoms with Crippen LogP contribution >= 0.6 is 11.8 Å². The van der Waals surface area contributed by atoms with Gasteiger partial charge in [-0.15, -0.1) is 11.8 Å². The SMILES string of the molecule is CSc1ccc(S(=O)(=O)C[C@@H]2CCOCC2N)cc1. The summed E-state index contributed by atoms with van der Waals surface area (Å²) in [6, 6.07) is 6.83. The fraction of sp³-hybridized carbons (Fsp3) is 0.538. The maximum Gasteiger partial charge on any atom is 0.178 e. The molecule has 0 spiro atoms. The summed E-state index contributed by atoms with van der Waals surface area (Å²) in [5.74, 6) is 0.0924. The van der Waals surface area contributed by atoms with Crippen LogP contribution in [0.4, 0.5) is 0 Å². The zero-order chi connectivity index (χ0) is 13.9. The number of hydrogen-bond donors (Lipinski definition) is 1. The van der Waals surface area contributed by atoms with Crippen molar-refractivity contribution >= 4 is 21.6 Å². The molecule has 0 amide bonds. The zero-order valence-corrected chi connectivity index (χ0v) is 12.5. The topological polar surface area (TPSA) is 69.4 Å². The van der Waals surface area contributed by atoms with Crippen LogP contribution in [-0.2, 0) is 14.6 Å². The Kier molecular flexibility index (Phi) is 4.89. The molecule has 0 bridgehead atoms. The van der Waals surface area contributed by atoms with E-state index in [-0.39, 0.29) is 17.7 Å². The van der Waals surface area contributed by atoms with Crippen LogP contribution in [0.2, 0.25) is 0 Å². The van der Waals surface area contributed by atoms with Crippen molar-refractivity contribution in [1.82, 2.24) is 0 Å². The highest BCUT2D eigenvalue weighted by molar-refractivity contribution is 7.98. The van der Waals surface area contributed by atoms with Crippen molar-refractivity contribution in [2.45, 2.75) is 22.3 Å². The summed E-state index contributed by atoms with van der Waals surface area (Å²) < 4.78 is 29.9. The highest BCUT2D eigenvalue weighted by Gasteiger charge is 2.28. The van der Waals surface area contributed by atoms with E-state index in [0.717, 1.165) is 4.90 Å². The number of rotatable bonds is 4. The summed E-state index contributed by atoms with van der Waals surface area (Å²) >= 11 is 1.59. The lowest BCUT2D eigenvalue weighted by molar-refractivity contribution is 0.0554. The van der Waals surface area contributed by atoms with Crippen LogP contribution in [0, 0.1) is 5.92 Å². The minimum Gasteiger partial charge on any atom is -0.380 e. The summed E-state index contributed by atoms with van der Waals surface area (Å²) in [4.78, 5) is 1.44. The first-order valence-corrected chi connectivity index (χ1v) is 9.11. The second-order valence-corrected chi connectivity index (χ2v) is 7.66. The van der Waals surface area contributed by atoms with Gasteiger partial charge in [0, 0.05) is 17.5 Å². The molecule has 0 aromatic heterocycles. The van der Waals surface area contributed by atoms with E-state index in [4.69, 9.17) is 10.5 Å². The molecule has 1 heterocycles. The van der Waals surface area contributed by atoms with Gasteiger partial charge in [0.1, 0.15) is 0 Å². The van der Waals surface area contributed by atoms with Gasteiger partial charge < -0.3 is 10.5 Å². The van der Waals surface area contributed by atoms with E-state index in [1.54, 1.807) is 23.9 Å². The minimum atomic E-state index is -3.26. The molecule has 1 aliphatic heterocycles. The molecule has 2 atom stereocenters. The molecular weight excluding hydrogens is 282 g/mol. The Morgan fingerprint density at radius 1 is 1.37 bits per heavy atom. The number of nitrogens with two attached hydrogens (primary N) is 1. The lowest BCUT2D eigenvalue weighted by Gasteiger charge is -2.28. The standard InChI is InChI=1S/C13H19NO3S2/c1-18-11-2-4-12(5-3-11)19(15,16)9-10-6-7-17-8-13(10)14/h2-5,10,13H,6-9,14H2,1H3/t10-,13?/m0/s1. The molecule has 1 aromatic carbocycles. The Bertz CT molecular complexity index is 513.